The Morgan fingerprint density at radius 3 is 1.18 bits per heavy atom. The van der Waals surface area contributed by atoms with E-state index in [9.17, 15) is 10.5 Å². The van der Waals surface area contributed by atoms with Crippen LogP contribution in [0.5, 0.6) is 0 Å². The Morgan fingerprint density at radius 2 is 0.736 bits per heavy atom. The molecule has 3 aromatic heterocycles. The van der Waals surface area contributed by atoms with Crippen LogP contribution in [0.2, 0.25) is 0 Å². The number of furan rings is 2. The third-order valence-corrected chi connectivity index (χ3v) is 17.4. The second-order valence-corrected chi connectivity index (χ2v) is 24.7. The van der Waals surface area contributed by atoms with Crippen LogP contribution in [-0.2, 0) is 10.8 Å². The predicted molar refractivity (Wildman–Crippen MR) is 360 cm³/mol. The van der Waals surface area contributed by atoms with E-state index in [4.69, 9.17) is 8.83 Å². The van der Waals surface area contributed by atoms with Crippen molar-refractivity contribution in [2.24, 2.45) is 0 Å². The highest BCUT2D eigenvalue weighted by Crippen LogP contribution is 2.49. The van der Waals surface area contributed by atoms with Crippen molar-refractivity contribution in [2.75, 3.05) is 9.80 Å². The van der Waals surface area contributed by atoms with Crippen LogP contribution in [0.4, 0.5) is 34.1 Å². The number of nitrogens with zero attached hydrogens (tertiary/aromatic N) is 5. The Labute approximate surface area is 505 Å². The zero-order valence-electron chi connectivity index (χ0n) is 49.2. The van der Waals surface area contributed by atoms with Crippen LogP contribution >= 0.6 is 0 Å². The molecule has 0 fully saturated rings. The molecule has 3 heterocycles. The van der Waals surface area contributed by atoms with E-state index in [1.807, 2.05) is 12.1 Å². The second kappa shape index (κ2) is 20.3. The topological polar surface area (TPSA) is 85.3 Å². The standard InChI is InChI=1S/C80H59N5O2/c1-79(2,3)55-29-37-59(38-30-55)83(57-33-25-52(26-34-57)50-17-9-7-10-18-50)72-43-41-63-66-45-54-46-67-64-42-44-73(84(60-39-31-56(32-40-60)80(4,5)6)58-35-27-53(28-36-58)51-19-11-8-12-20-51)69(49-82)77(64)87-78(67)75(65(54)47-74(66)86-76(63)68(72)48-81)85-70-23-15-13-21-61(70)62-22-14-16-24-71(62)85/h7-47H,1-6H3. The molecule has 15 aromatic rings. The maximum absolute atomic E-state index is 11.6. The fraction of sp³-hybridized carbons (Fsp3) is 0.100. The molecule has 0 spiro atoms. The third kappa shape index (κ3) is 8.78. The number of hydrogen-bond acceptors (Lipinski definition) is 6. The molecule has 0 amide bonds. The minimum Gasteiger partial charge on any atom is -0.455 e. The summed E-state index contributed by atoms with van der Waals surface area (Å²) in [6, 6.07) is 92.2. The summed E-state index contributed by atoms with van der Waals surface area (Å²) in [7, 11) is 0. The summed E-state index contributed by atoms with van der Waals surface area (Å²) in [4.78, 5) is 4.33. The molecule has 7 nitrogen and oxygen atoms in total. The molecule has 0 saturated carbocycles. The van der Waals surface area contributed by atoms with Gasteiger partial charge in [0.15, 0.2) is 16.7 Å². The lowest BCUT2D eigenvalue weighted by atomic mass is 9.87. The first-order valence-corrected chi connectivity index (χ1v) is 29.6. The van der Waals surface area contributed by atoms with Crippen LogP contribution in [0.3, 0.4) is 0 Å². The zero-order valence-corrected chi connectivity index (χ0v) is 49.2. The SMILES string of the molecule is CC(C)(C)c1ccc(N(c2ccc(-c3ccccc3)cc2)c2ccc3c(oc4cc5c(-n6c7ccccc7c7ccccc76)c6oc7c(C#N)c(N(c8ccc(-c9ccccc9)cc8)c8ccc(C(C)(C)C)cc8)ccc7c6cc5cc43)c2C#N)cc1. The average Bonchev–Trinajstić information content (AvgIpc) is 4.10. The van der Waals surface area contributed by atoms with E-state index in [2.05, 4.69) is 305 Å². The molecular formula is C80H59N5O2. The van der Waals surface area contributed by atoms with E-state index < -0.39 is 0 Å². The highest BCUT2D eigenvalue weighted by Gasteiger charge is 2.29. The first-order valence-electron chi connectivity index (χ1n) is 29.6. The lowest BCUT2D eigenvalue weighted by Crippen LogP contribution is -2.14. The Morgan fingerprint density at radius 1 is 0.345 bits per heavy atom. The minimum absolute atomic E-state index is 0.0473. The van der Waals surface area contributed by atoms with E-state index >= 15 is 0 Å². The van der Waals surface area contributed by atoms with Gasteiger partial charge in [-0.15, -0.1) is 0 Å². The van der Waals surface area contributed by atoms with Crippen molar-refractivity contribution in [3.8, 4) is 40.1 Å². The van der Waals surface area contributed by atoms with Crippen molar-refractivity contribution in [2.45, 2.75) is 52.4 Å². The fourth-order valence-corrected chi connectivity index (χ4v) is 12.9. The van der Waals surface area contributed by atoms with E-state index in [-0.39, 0.29) is 10.8 Å². The molecule has 0 bridgehead atoms. The van der Waals surface area contributed by atoms with Crippen LogP contribution in [0.25, 0.3) is 104 Å². The molecule has 87 heavy (non-hydrogen) atoms. The first-order chi connectivity index (χ1) is 42.3. The van der Waals surface area contributed by atoms with Crippen molar-refractivity contribution in [1.82, 2.24) is 4.57 Å². The molecule has 0 radical (unpaired) electrons. The van der Waals surface area contributed by atoms with Gasteiger partial charge in [0.2, 0.25) is 0 Å². The van der Waals surface area contributed by atoms with Gasteiger partial charge < -0.3 is 23.2 Å². The van der Waals surface area contributed by atoms with Crippen molar-refractivity contribution in [3.05, 3.63) is 271 Å². The zero-order chi connectivity index (χ0) is 59.3. The number of anilines is 6. The largest absolute Gasteiger partial charge is 0.455 e. The van der Waals surface area contributed by atoms with Crippen molar-refractivity contribution in [1.29, 1.82) is 10.5 Å². The highest BCUT2D eigenvalue weighted by atomic mass is 16.3. The van der Waals surface area contributed by atoms with E-state index in [1.165, 1.54) is 11.1 Å². The lowest BCUT2D eigenvalue weighted by molar-refractivity contribution is 0.590. The van der Waals surface area contributed by atoms with Crippen LogP contribution in [0.15, 0.2) is 258 Å². The molecule has 7 heteroatoms. The Bertz CT molecular complexity index is 5220. The quantitative estimate of drug-likeness (QED) is 0.143. The van der Waals surface area contributed by atoms with Crippen molar-refractivity contribution < 1.29 is 8.83 Å². The number of nitriles is 2. The summed E-state index contributed by atoms with van der Waals surface area (Å²) < 4.78 is 16.8. The normalized spacial score (nSPS) is 12.0. The maximum atomic E-state index is 11.6. The number of aromatic nitrogens is 1. The Hall–Kier alpha value is -11.1. The molecule has 0 aliphatic rings. The smallest absolute Gasteiger partial charge is 0.160 e. The summed E-state index contributed by atoms with van der Waals surface area (Å²) in [6.45, 7) is 13.3. The summed E-state index contributed by atoms with van der Waals surface area (Å²) in [5, 5.41) is 30.4. The van der Waals surface area contributed by atoms with Gasteiger partial charge in [-0.1, -0.05) is 187 Å². The van der Waals surface area contributed by atoms with Crippen LogP contribution in [0, 0.1) is 22.7 Å². The van der Waals surface area contributed by atoms with Crippen LogP contribution in [0.1, 0.15) is 63.8 Å². The van der Waals surface area contributed by atoms with Gasteiger partial charge in [0.1, 0.15) is 28.8 Å². The summed E-state index contributed by atoms with van der Waals surface area (Å²) in [5.41, 5.74) is 17.8. The van der Waals surface area contributed by atoms with E-state index in [0.29, 0.717) is 44.8 Å². The van der Waals surface area contributed by atoms with E-state index in [1.54, 1.807) is 0 Å². The summed E-state index contributed by atoms with van der Waals surface area (Å²) in [5.74, 6) is 0. The van der Waals surface area contributed by atoms with Gasteiger partial charge in [0.25, 0.3) is 0 Å². The Kier molecular flexibility index (Phi) is 12.3. The van der Waals surface area contributed by atoms with Gasteiger partial charge in [0.05, 0.1) is 28.1 Å². The third-order valence-electron chi connectivity index (χ3n) is 17.4. The molecule has 0 unspecified atom stereocenters. The van der Waals surface area contributed by atoms with Crippen LogP contribution < -0.4 is 9.80 Å². The number of benzene rings is 12. The minimum atomic E-state index is -0.0546. The summed E-state index contributed by atoms with van der Waals surface area (Å²) in [6.07, 6.45) is 0. The predicted octanol–water partition coefficient (Wildman–Crippen LogP) is 22.3. The van der Waals surface area contributed by atoms with Gasteiger partial charge in [-0.05, 0) is 153 Å². The molecule has 12 aromatic carbocycles. The molecule has 0 N–H and O–H groups in total. The molecule has 15 rings (SSSR count). The fourth-order valence-electron chi connectivity index (χ4n) is 12.9. The maximum Gasteiger partial charge on any atom is 0.160 e. The van der Waals surface area contributed by atoms with Gasteiger partial charge >= 0.3 is 0 Å². The molecule has 0 aliphatic heterocycles. The number of para-hydroxylation sites is 2. The molecule has 0 atom stereocenters. The number of fused-ring (bicyclic) bond motifs is 10. The van der Waals surface area contributed by atoms with E-state index in [0.717, 1.165) is 105 Å². The lowest BCUT2D eigenvalue weighted by Gasteiger charge is -2.27. The number of hydrogen-bond donors (Lipinski definition) is 0. The monoisotopic (exact) mass is 1120 g/mol. The molecule has 0 saturated heterocycles. The van der Waals surface area contributed by atoms with Gasteiger partial charge in [-0.3, -0.25) is 0 Å². The molecule has 416 valence electrons. The molecular weight excluding hydrogens is 1060 g/mol. The van der Waals surface area contributed by atoms with Gasteiger partial charge in [-0.25, -0.2) is 0 Å². The molecule has 0 aliphatic carbocycles. The average molecular weight is 1120 g/mol. The van der Waals surface area contributed by atoms with Crippen molar-refractivity contribution >= 4 is 111 Å². The summed E-state index contributed by atoms with van der Waals surface area (Å²) >= 11 is 0. The van der Waals surface area contributed by atoms with Crippen LogP contribution in [-0.4, -0.2) is 4.57 Å². The number of rotatable bonds is 9. The second-order valence-electron chi connectivity index (χ2n) is 24.7. The van der Waals surface area contributed by atoms with Gasteiger partial charge in [0, 0.05) is 60.5 Å². The highest BCUT2D eigenvalue weighted by molar-refractivity contribution is 6.22. The van der Waals surface area contributed by atoms with Gasteiger partial charge in [-0.2, -0.15) is 10.5 Å². The van der Waals surface area contributed by atoms with Crippen molar-refractivity contribution in [3.63, 3.8) is 0 Å². The first kappa shape index (κ1) is 52.7. The Balaban J connectivity index is 0.955.